The van der Waals surface area contributed by atoms with Crippen LogP contribution in [0.4, 0.5) is 0 Å². The molecule has 0 heterocycles. The molecule has 0 atom stereocenters. The van der Waals surface area contributed by atoms with Crippen LogP contribution >= 0.6 is 0 Å². The van der Waals surface area contributed by atoms with E-state index in [0.717, 1.165) is 0 Å². The molecule has 0 radical (unpaired) electrons. The Labute approximate surface area is 73.0 Å². The summed E-state index contributed by atoms with van der Waals surface area (Å²) >= 11 is 0.926. The Bertz CT molecular complexity index is 31.5. The summed E-state index contributed by atoms with van der Waals surface area (Å²) < 4.78 is 3.16. The SMILES string of the molecule is C[Te]CCCC[Te]C. The molecule has 0 aliphatic carbocycles. The van der Waals surface area contributed by atoms with Crippen molar-refractivity contribution in [1.82, 2.24) is 0 Å². The third-order valence-corrected chi connectivity index (χ3v) is 4.93. The van der Waals surface area contributed by atoms with Crippen LogP contribution in [0.3, 0.4) is 0 Å². The van der Waals surface area contributed by atoms with Crippen LogP contribution in [0.15, 0.2) is 0 Å². The van der Waals surface area contributed by atoms with Gasteiger partial charge in [-0.2, -0.15) is 0 Å². The molecule has 0 aromatic rings. The summed E-state index contributed by atoms with van der Waals surface area (Å²) in [5, 5.41) is 0. The van der Waals surface area contributed by atoms with Gasteiger partial charge in [0.05, 0.1) is 0 Å². The molecule has 0 N–H and O–H groups in total. The Morgan fingerprint density at radius 1 is 0.875 bits per heavy atom. The van der Waals surface area contributed by atoms with Gasteiger partial charge in [0.15, 0.2) is 0 Å². The Hall–Kier alpha value is 1.58. The monoisotopic (exact) mass is 346 g/mol. The van der Waals surface area contributed by atoms with Crippen LogP contribution in [0.2, 0.25) is 18.9 Å². The summed E-state index contributed by atoms with van der Waals surface area (Å²) in [7, 11) is 0. The zero-order chi connectivity index (χ0) is 6.24. The topological polar surface area (TPSA) is 0 Å². The maximum absolute atomic E-state index is 2.40. The third kappa shape index (κ3) is 7.58. The van der Waals surface area contributed by atoms with E-state index >= 15 is 0 Å². The predicted molar refractivity (Wildman–Crippen MR) is 42.1 cm³/mol. The average molecular weight is 341 g/mol. The number of unbranched alkanes of at least 4 members (excludes halogenated alkanes) is 1. The Morgan fingerprint density at radius 3 is 1.50 bits per heavy atom. The molecule has 8 heavy (non-hydrogen) atoms. The Balaban J connectivity index is 2.53. The van der Waals surface area contributed by atoms with E-state index in [-0.39, 0.29) is 0 Å². The van der Waals surface area contributed by atoms with E-state index in [4.69, 9.17) is 0 Å². The van der Waals surface area contributed by atoms with Crippen LogP contribution in [-0.4, -0.2) is 41.8 Å². The molecule has 0 aromatic carbocycles. The second-order valence-electron chi connectivity index (χ2n) is 1.69. The summed E-state index contributed by atoms with van der Waals surface area (Å²) in [5.74, 6) is 0. The molecule has 0 aromatic heterocycles. The van der Waals surface area contributed by atoms with Crippen molar-refractivity contribution in [1.29, 1.82) is 0 Å². The van der Waals surface area contributed by atoms with Crippen LogP contribution in [0.5, 0.6) is 0 Å². The average Bonchev–Trinajstić information content (AvgIpc) is 1.81. The molecule has 0 unspecified atom stereocenters. The normalized spacial score (nSPS) is 9.75. The van der Waals surface area contributed by atoms with E-state index in [1.165, 1.54) is 12.8 Å². The van der Waals surface area contributed by atoms with Crippen LogP contribution in [-0.2, 0) is 0 Å². The van der Waals surface area contributed by atoms with Gasteiger partial charge in [-0.15, -0.1) is 0 Å². The molecular weight excluding hydrogens is 327 g/mol. The first-order chi connectivity index (χ1) is 3.91. The number of hydrogen-bond acceptors (Lipinski definition) is 0. The number of hydrogen-bond donors (Lipinski definition) is 0. The molecule has 0 aliphatic rings. The van der Waals surface area contributed by atoms with Gasteiger partial charge >= 0.3 is 73.6 Å². The van der Waals surface area contributed by atoms with E-state index in [1.54, 1.807) is 8.94 Å². The van der Waals surface area contributed by atoms with Crippen molar-refractivity contribution in [3.05, 3.63) is 0 Å². The Morgan fingerprint density at radius 2 is 1.25 bits per heavy atom. The van der Waals surface area contributed by atoms with Gasteiger partial charge in [-0.3, -0.25) is 0 Å². The van der Waals surface area contributed by atoms with Gasteiger partial charge in [0.25, 0.3) is 0 Å². The van der Waals surface area contributed by atoms with Crippen molar-refractivity contribution in [2.24, 2.45) is 0 Å². The maximum atomic E-state index is 2.40. The fourth-order valence-electron chi connectivity index (χ4n) is 0.493. The van der Waals surface area contributed by atoms with Crippen molar-refractivity contribution in [3.63, 3.8) is 0 Å². The van der Waals surface area contributed by atoms with Crippen molar-refractivity contribution in [2.45, 2.75) is 31.7 Å². The molecule has 0 amide bonds. The van der Waals surface area contributed by atoms with Gasteiger partial charge in [-0.05, 0) is 0 Å². The molecule has 0 bridgehead atoms. The van der Waals surface area contributed by atoms with Crippen molar-refractivity contribution in [3.8, 4) is 0 Å². The van der Waals surface area contributed by atoms with Gasteiger partial charge < -0.3 is 0 Å². The van der Waals surface area contributed by atoms with Gasteiger partial charge in [0.1, 0.15) is 0 Å². The van der Waals surface area contributed by atoms with Crippen LogP contribution in [0, 0.1) is 0 Å². The molecule has 50 valence electrons. The van der Waals surface area contributed by atoms with E-state index < -0.39 is 0 Å². The van der Waals surface area contributed by atoms with Gasteiger partial charge in [-0.25, -0.2) is 0 Å². The molecule has 0 fully saturated rings. The second kappa shape index (κ2) is 8.58. The second-order valence-corrected chi connectivity index (χ2v) is 7.32. The molecule has 0 spiro atoms. The quantitative estimate of drug-likeness (QED) is 0.531. The van der Waals surface area contributed by atoms with Gasteiger partial charge in [0, 0.05) is 0 Å². The van der Waals surface area contributed by atoms with Gasteiger partial charge in [-0.1, -0.05) is 0 Å². The molecule has 0 saturated carbocycles. The summed E-state index contributed by atoms with van der Waals surface area (Å²) in [6.45, 7) is 0. The van der Waals surface area contributed by atoms with E-state index in [9.17, 15) is 0 Å². The first kappa shape index (κ1) is 9.58. The summed E-state index contributed by atoms with van der Waals surface area (Å²) in [6.07, 6.45) is 3.08. The zero-order valence-corrected chi connectivity index (χ0v) is 10.3. The fourth-order valence-corrected chi connectivity index (χ4v) is 3.31. The van der Waals surface area contributed by atoms with Crippen molar-refractivity contribution in [2.75, 3.05) is 0 Å². The van der Waals surface area contributed by atoms with E-state index in [2.05, 4.69) is 9.94 Å². The van der Waals surface area contributed by atoms with Crippen molar-refractivity contribution >= 4 is 41.8 Å². The minimum atomic E-state index is 0.463. The standard InChI is InChI=1S/C6H14Te2/c1-7-5-3-4-6-8-2/h3-6H2,1-2H3. The third-order valence-electron chi connectivity index (χ3n) is 0.947. The van der Waals surface area contributed by atoms with Crippen LogP contribution in [0.1, 0.15) is 12.8 Å². The molecule has 0 saturated heterocycles. The van der Waals surface area contributed by atoms with Gasteiger partial charge in [0.2, 0.25) is 0 Å². The predicted octanol–water partition coefficient (Wildman–Crippen LogP) is 2.11. The Kier molecular flexibility index (Phi) is 10.3. The molecule has 0 aliphatic heterocycles. The molecule has 2 heteroatoms. The van der Waals surface area contributed by atoms with Crippen molar-refractivity contribution < 1.29 is 0 Å². The summed E-state index contributed by atoms with van der Waals surface area (Å²) in [4.78, 5) is 4.79. The first-order valence-corrected chi connectivity index (χ1v) is 10.9. The molecular formula is C6H14Te2. The summed E-state index contributed by atoms with van der Waals surface area (Å²) in [6, 6.07) is 0. The zero-order valence-electron chi connectivity index (χ0n) is 5.64. The number of rotatable bonds is 5. The van der Waals surface area contributed by atoms with E-state index in [1.807, 2.05) is 0 Å². The van der Waals surface area contributed by atoms with E-state index in [0.29, 0.717) is 41.8 Å². The van der Waals surface area contributed by atoms with Crippen LogP contribution < -0.4 is 0 Å². The summed E-state index contributed by atoms with van der Waals surface area (Å²) in [5.41, 5.74) is 0. The first-order valence-electron chi connectivity index (χ1n) is 2.89. The minimum absolute atomic E-state index is 0.463. The van der Waals surface area contributed by atoms with Crippen LogP contribution in [0.25, 0.3) is 0 Å². The molecule has 0 rings (SSSR count). The fraction of sp³-hybridized carbons (Fsp3) is 1.00. The molecule has 0 nitrogen and oxygen atoms in total.